The van der Waals surface area contributed by atoms with Crippen LogP contribution in [0.25, 0.3) is 0 Å². The Bertz CT molecular complexity index is 453. The van der Waals surface area contributed by atoms with E-state index in [1.54, 1.807) is 10.7 Å². The van der Waals surface area contributed by atoms with Crippen molar-refractivity contribution >= 4 is 43.4 Å². The Morgan fingerprint density at radius 3 is 2.61 bits per heavy atom. The van der Waals surface area contributed by atoms with Gasteiger partial charge in [0.05, 0.1) is 0 Å². The van der Waals surface area contributed by atoms with Crippen molar-refractivity contribution in [1.82, 2.24) is 0 Å². The molecule has 0 saturated heterocycles. The molecule has 1 aliphatic carbocycles. The van der Waals surface area contributed by atoms with Crippen LogP contribution in [0.1, 0.15) is 25.7 Å². The van der Waals surface area contributed by atoms with Gasteiger partial charge in [0.2, 0.25) is 0 Å². The van der Waals surface area contributed by atoms with Crippen molar-refractivity contribution in [3.05, 3.63) is 33.5 Å². The molecule has 1 aromatic carbocycles. The zero-order valence-electron chi connectivity index (χ0n) is 10.4. The molecule has 0 heterocycles. The number of hydrogen-bond donors (Lipinski definition) is 0. The van der Waals surface area contributed by atoms with Crippen molar-refractivity contribution in [2.45, 2.75) is 25.7 Å². The Morgan fingerprint density at radius 2 is 1.94 bits per heavy atom. The second-order valence-corrected chi connectivity index (χ2v) is 8.21. The molecule has 18 heavy (non-hydrogen) atoms. The average molecular weight is 422 g/mol. The molecule has 4 heteroatoms. The second kappa shape index (κ2) is 7.33. The minimum atomic E-state index is -0.133. The van der Waals surface area contributed by atoms with Crippen molar-refractivity contribution < 1.29 is 4.74 Å². The molecule has 0 aromatic heterocycles. The summed E-state index contributed by atoms with van der Waals surface area (Å²) in [6, 6.07) is 7.87. The fraction of sp³-hybridized carbons (Fsp3) is 0.357. The van der Waals surface area contributed by atoms with Crippen molar-refractivity contribution in [3.63, 3.8) is 0 Å². The summed E-state index contributed by atoms with van der Waals surface area (Å²) in [6.45, 7) is 0. The van der Waals surface area contributed by atoms with Crippen LogP contribution in [0.3, 0.4) is 0 Å². The zero-order valence-corrected chi connectivity index (χ0v) is 14.3. The molecular weight excluding hydrogens is 406 g/mol. The molecule has 1 aliphatic rings. The van der Waals surface area contributed by atoms with E-state index in [4.69, 9.17) is 4.74 Å². The van der Waals surface area contributed by atoms with Crippen molar-refractivity contribution in [2.75, 3.05) is 7.11 Å². The van der Waals surface area contributed by atoms with Crippen LogP contribution in [0.15, 0.2) is 38.5 Å². The van der Waals surface area contributed by atoms with Crippen LogP contribution < -0.4 is 4.74 Å². The van der Waals surface area contributed by atoms with Crippen molar-refractivity contribution in [3.8, 4) is 5.75 Å². The van der Waals surface area contributed by atoms with Crippen molar-refractivity contribution in [2.24, 2.45) is 4.99 Å². The quantitative estimate of drug-likeness (QED) is 0.526. The monoisotopic (exact) mass is 423 g/mol. The van der Waals surface area contributed by atoms with E-state index in [2.05, 4.69) is 24.0 Å². The van der Waals surface area contributed by atoms with Crippen LogP contribution in [-0.4, -0.2) is 32.0 Å². The molecule has 1 aromatic rings. The van der Waals surface area contributed by atoms with E-state index in [1.165, 1.54) is 31.3 Å². The summed E-state index contributed by atoms with van der Waals surface area (Å²) in [5.41, 5.74) is 2.44. The standard InChI is InChI=1S/C14H16BrNOTe/c1-17-13-8-6-12(7-9-13)16-10-11-4-2-3-5-14(11)18-15/h6-10H,2-5H2,1H3. The summed E-state index contributed by atoms with van der Waals surface area (Å²) in [7, 11) is 1.68. The number of allylic oxidation sites excluding steroid dienone is 2. The number of aliphatic imine (C=N–C) groups is 1. The van der Waals surface area contributed by atoms with Gasteiger partial charge in [0.15, 0.2) is 0 Å². The number of hydrogen-bond acceptors (Lipinski definition) is 2. The minimum absolute atomic E-state index is 0.133. The Morgan fingerprint density at radius 1 is 1.22 bits per heavy atom. The zero-order chi connectivity index (χ0) is 12.8. The second-order valence-electron chi connectivity index (χ2n) is 4.19. The summed E-state index contributed by atoms with van der Waals surface area (Å²) < 4.78 is 6.76. The van der Waals surface area contributed by atoms with Gasteiger partial charge in [-0.25, -0.2) is 0 Å². The summed E-state index contributed by atoms with van der Waals surface area (Å²) >= 11 is 3.56. The predicted molar refractivity (Wildman–Crippen MR) is 81.3 cm³/mol. The van der Waals surface area contributed by atoms with Gasteiger partial charge in [0, 0.05) is 0 Å². The first-order chi connectivity index (χ1) is 8.83. The van der Waals surface area contributed by atoms with Gasteiger partial charge in [0.25, 0.3) is 0 Å². The molecule has 2 rings (SSSR count). The first-order valence-electron chi connectivity index (χ1n) is 6.02. The molecule has 96 valence electrons. The molecule has 0 aliphatic heterocycles. The van der Waals surface area contributed by atoms with E-state index in [1.807, 2.05) is 24.3 Å². The molecule has 0 unspecified atom stereocenters. The van der Waals surface area contributed by atoms with Gasteiger partial charge in [-0.2, -0.15) is 0 Å². The molecule has 0 spiro atoms. The Hall–Kier alpha value is -0.300. The summed E-state index contributed by atoms with van der Waals surface area (Å²) in [5.74, 6) is 0.874. The molecule has 0 atom stereocenters. The van der Waals surface area contributed by atoms with E-state index in [0.29, 0.717) is 0 Å². The fourth-order valence-electron chi connectivity index (χ4n) is 1.95. The third-order valence-corrected chi connectivity index (χ3v) is 7.48. The Labute approximate surface area is 124 Å². The molecule has 0 saturated carbocycles. The normalized spacial score (nSPS) is 16.3. The predicted octanol–water partition coefficient (Wildman–Crippen LogP) is 4.24. The van der Waals surface area contributed by atoms with Gasteiger partial charge in [-0.3, -0.25) is 0 Å². The SMILES string of the molecule is COc1ccc(N=CC2=C([Te]Br)CCCC2)cc1. The van der Waals surface area contributed by atoms with Crippen LogP contribution in [0, 0.1) is 0 Å². The van der Waals surface area contributed by atoms with E-state index >= 15 is 0 Å². The van der Waals surface area contributed by atoms with Gasteiger partial charge in [0.1, 0.15) is 0 Å². The fourth-order valence-corrected chi connectivity index (χ4v) is 5.78. The maximum absolute atomic E-state index is 5.14. The summed E-state index contributed by atoms with van der Waals surface area (Å²) in [6.07, 6.45) is 7.14. The van der Waals surface area contributed by atoms with E-state index < -0.39 is 0 Å². The number of ether oxygens (including phenoxy) is 1. The molecule has 0 bridgehead atoms. The van der Waals surface area contributed by atoms with Crippen LogP contribution in [0.2, 0.25) is 0 Å². The van der Waals surface area contributed by atoms with Crippen LogP contribution in [0.5, 0.6) is 5.75 Å². The van der Waals surface area contributed by atoms with Gasteiger partial charge in [-0.15, -0.1) is 0 Å². The van der Waals surface area contributed by atoms with Crippen molar-refractivity contribution in [1.29, 1.82) is 0 Å². The summed E-state index contributed by atoms with van der Waals surface area (Å²) in [4.78, 5) is 4.57. The van der Waals surface area contributed by atoms with E-state index in [9.17, 15) is 0 Å². The maximum atomic E-state index is 5.14. The molecule has 0 fully saturated rings. The molecule has 0 amide bonds. The van der Waals surface area contributed by atoms with Crippen LogP contribution in [0.4, 0.5) is 5.69 Å². The number of rotatable bonds is 4. The molecular formula is C14H16BrNOTe. The number of methoxy groups -OCH3 is 1. The molecule has 0 radical (unpaired) electrons. The third kappa shape index (κ3) is 3.85. The molecule has 0 N–H and O–H groups in total. The third-order valence-electron chi connectivity index (χ3n) is 2.99. The Balaban J connectivity index is 2.11. The van der Waals surface area contributed by atoms with Gasteiger partial charge >= 0.3 is 125 Å². The molecule has 2 nitrogen and oxygen atoms in total. The van der Waals surface area contributed by atoms with Gasteiger partial charge < -0.3 is 0 Å². The van der Waals surface area contributed by atoms with E-state index in [0.717, 1.165) is 11.4 Å². The number of benzene rings is 1. The Kier molecular flexibility index (Phi) is 5.75. The number of halogens is 1. The first-order valence-corrected chi connectivity index (χ1v) is 12.4. The van der Waals surface area contributed by atoms with Crippen LogP contribution in [-0.2, 0) is 0 Å². The van der Waals surface area contributed by atoms with Crippen LogP contribution >= 0.6 is 12.8 Å². The summed E-state index contributed by atoms with van der Waals surface area (Å²) in [5, 5.41) is 0. The van der Waals surface area contributed by atoms with Gasteiger partial charge in [-0.1, -0.05) is 0 Å². The first kappa shape index (κ1) is 14.1. The van der Waals surface area contributed by atoms with E-state index in [-0.39, 0.29) is 18.7 Å². The topological polar surface area (TPSA) is 21.6 Å². The van der Waals surface area contributed by atoms with Gasteiger partial charge in [-0.05, 0) is 0 Å². The number of nitrogens with zero attached hydrogens (tertiary/aromatic N) is 1. The average Bonchev–Trinajstić information content (AvgIpc) is 2.46.